The Morgan fingerprint density at radius 1 is 0.667 bits per heavy atom. The van der Waals surface area contributed by atoms with E-state index in [-0.39, 0.29) is 16.2 Å². The third-order valence-electron chi connectivity index (χ3n) is 7.17. The summed E-state index contributed by atoms with van der Waals surface area (Å²) in [4.78, 5) is 1.07. The van der Waals surface area contributed by atoms with Crippen LogP contribution in [0, 0.1) is 0 Å². The van der Waals surface area contributed by atoms with E-state index in [4.69, 9.17) is 11.5 Å². The summed E-state index contributed by atoms with van der Waals surface area (Å²) in [5.74, 6) is 0. The van der Waals surface area contributed by atoms with Crippen LogP contribution in [0.3, 0.4) is 0 Å². The number of hydrogen-bond donors (Lipinski definition) is 2. The van der Waals surface area contributed by atoms with Crippen LogP contribution in [0.2, 0.25) is 0 Å². The maximum Gasteiger partial charge on any atom is 0.212 e. The molecule has 0 amide bonds. The molecule has 0 saturated heterocycles. The lowest BCUT2D eigenvalue weighted by Gasteiger charge is -2.33. The Morgan fingerprint density at radius 3 is 1.54 bits per heavy atom. The van der Waals surface area contributed by atoms with E-state index >= 15 is 0 Å². The second-order valence-electron chi connectivity index (χ2n) is 10.2. The summed E-state index contributed by atoms with van der Waals surface area (Å²) in [5, 5.41) is 0.739. The second kappa shape index (κ2) is 10.4. The normalized spacial score (nSPS) is 13.5. The van der Waals surface area contributed by atoms with Gasteiger partial charge in [0.25, 0.3) is 0 Å². The quantitative estimate of drug-likeness (QED) is 0.289. The molecule has 0 fully saturated rings. The van der Waals surface area contributed by atoms with Gasteiger partial charge >= 0.3 is 0 Å². The van der Waals surface area contributed by atoms with Gasteiger partial charge in [0.05, 0.1) is 9.79 Å². The molecule has 0 saturated carbocycles. The smallest absolute Gasteiger partial charge is 0.212 e. The first-order chi connectivity index (χ1) is 18.3. The van der Waals surface area contributed by atoms with Gasteiger partial charge in [-0.3, -0.25) is 11.5 Å². The number of rotatable bonds is 9. The number of benzene rings is 4. The number of hydrogen-bond acceptors (Lipinski definition) is 8. The maximum atomic E-state index is 14.3. The predicted octanol–water partition coefficient (Wildman–Crippen LogP) is 4.11. The van der Waals surface area contributed by atoms with Gasteiger partial charge in [0.2, 0.25) is 9.84 Å². The lowest BCUT2D eigenvalue weighted by Crippen LogP contribution is -2.66. The number of anilines is 2. The Bertz CT molecular complexity index is 1750. The van der Waals surface area contributed by atoms with Gasteiger partial charge in [-0.05, 0) is 30.7 Å². The summed E-state index contributed by atoms with van der Waals surface area (Å²) < 4.78 is 57.0. The fraction of sp³-hybridized carbons (Fsp3) is 0.310. The molecule has 0 heterocycles. The number of nitrogens with two attached hydrogens (primary N) is 2. The van der Waals surface area contributed by atoms with E-state index in [1.54, 1.807) is 43.3 Å². The van der Waals surface area contributed by atoms with Crippen LogP contribution in [-0.2, 0) is 19.7 Å². The maximum absolute atomic E-state index is 14.3. The Balaban J connectivity index is 1.94. The Hall–Kier alpha value is -3.18. The highest BCUT2D eigenvalue weighted by Crippen LogP contribution is 2.38. The van der Waals surface area contributed by atoms with Crippen molar-refractivity contribution in [1.82, 2.24) is 0 Å². The van der Waals surface area contributed by atoms with E-state index in [1.165, 1.54) is 12.1 Å². The van der Waals surface area contributed by atoms with Crippen molar-refractivity contribution in [3.8, 4) is 0 Å². The molecule has 0 aliphatic heterocycles. The van der Waals surface area contributed by atoms with Crippen molar-refractivity contribution < 1.29 is 16.8 Å². The monoisotopic (exact) mass is 568 g/mol. The molecule has 1 atom stereocenters. The third kappa shape index (κ3) is 4.75. The fourth-order valence-corrected chi connectivity index (χ4v) is 9.61. The van der Waals surface area contributed by atoms with Crippen LogP contribution in [0.15, 0.2) is 82.6 Å². The van der Waals surface area contributed by atoms with Gasteiger partial charge in [0.1, 0.15) is 5.25 Å². The van der Waals surface area contributed by atoms with Crippen molar-refractivity contribution >= 4 is 52.6 Å². The van der Waals surface area contributed by atoms with Gasteiger partial charge in [0, 0.05) is 61.1 Å². The van der Waals surface area contributed by atoms with E-state index in [0.717, 1.165) is 16.8 Å². The molecule has 4 N–H and O–H groups in total. The number of nitrogens with zero attached hydrogens (tertiary/aromatic N) is 2. The highest BCUT2D eigenvalue weighted by atomic mass is 32.2. The van der Waals surface area contributed by atoms with Crippen LogP contribution in [0.25, 0.3) is 21.5 Å². The third-order valence-corrected chi connectivity index (χ3v) is 11.8. The lowest BCUT2D eigenvalue weighted by atomic mass is 10.1. The van der Waals surface area contributed by atoms with Crippen molar-refractivity contribution in [3.05, 3.63) is 72.8 Å². The van der Waals surface area contributed by atoms with Crippen LogP contribution < -0.4 is 21.3 Å². The zero-order valence-corrected chi connectivity index (χ0v) is 24.6. The van der Waals surface area contributed by atoms with E-state index in [9.17, 15) is 16.8 Å². The minimum Gasteiger partial charge on any atom is -0.377 e. The van der Waals surface area contributed by atoms with Gasteiger partial charge < -0.3 is 9.80 Å². The first-order valence-corrected chi connectivity index (χ1v) is 15.7. The molecule has 10 heteroatoms. The van der Waals surface area contributed by atoms with E-state index < -0.39 is 29.9 Å². The van der Waals surface area contributed by atoms with Gasteiger partial charge in [0.15, 0.2) is 14.8 Å². The van der Waals surface area contributed by atoms with Gasteiger partial charge in [-0.1, -0.05) is 61.9 Å². The van der Waals surface area contributed by atoms with E-state index in [0.29, 0.717) is 22.6 Å². The van der Waals surface area contributed by atoms with Gasteiger partial charge in [-0.15, -0.1) is 0 Å². The van der Waals surface area contributed by atoms with Crippen LogP contribution in [0.4, 0.5) is 11.4 Å². The molecule has 4 aromatic rings. The van der Waals surface area contributed by atoms with Crippen molar-refractivity contribution in [2.45, 2.75) is 39.8 Å². The van der Waals surface area contributed by atoms with E-state index in [1.807, 2.05) is 62.3 Å². The standard InChI is InChI=1S/C29H36N4O4S2/c1-6-11-28(38(34,35)26-18-9-12-20-22(26)14-7-16-24(20)32(2)3)29(30,31)39(36,37)27-19-10-13-21-23(27)15-8-17-25(21)33(4)5/h7-10,12-19,28H,6,11,30-31H2,1-5H3. The van der Waals surface area contributed by atoms with Crippen LogP contribution in [0.1, 0.15) is 19.8 Å². The molecular weight excluding hydrogens is 532 g/mol. The molecule has 0 bridgehead atoms. The molecule has 8 nitrogen and oxygen atoms in total. The fourth-order valence-electron chi connectivity index (χ4n) is 5.19. The molecule has 4 aromatic carbocycles. The first-order valence-electron chi connectivity index (χ1n) is 12.7. The van der Waals surface area contributed by atoms with Gasteiger partial charge in [-0.25, -0.2) is 16.8 Å². The number of fused-ring (bicyclic) bond motifs is 2. The summed E-state index contributed by atoms with van der Waals surface area (Å²) in [5.41, 5.74) is 14.6. The Morgan fingerprint density at radius 2 is 1.08 bits per heavy atom. The van der Waals surface area contributed by atoms with Gasteiger partial charge in [-0.2, -0.15) is 0 Å². The highest BCUT2D eigenvalue weighted by molar-refractivity contribution is 7.96. The Labute approximate surface area is 231 Å². The summed E-state index contributed by atoms with van der Waals surface area (Å²) >= 11 is 0. The molecule has 39 heavy (non-hydrogen) atoms. The zero-order chi connectivity index (χ0) is 28.8. The Kier molecular flexibility index (Phi) is 7.70. The zero-order valence-electron chi connectivity index (χ0n) is 22.9. The molecule has 0 aromatic heterocycles. The minimum absolute atomic E-state index is 0.00504. The average molecular weight is 569 g/mol. The molecule has 0 aliphatic carbocycles. The SMILES string of the molecule is CCCC(C(N)(N)S(=O)(=O)c1cccc2c(N(C)C)cccc12)S(=O)(=O)c1cccc2c(N(C)C)cccc12. The predicted molar refractivity (Wildman–Crippen MR) is 161 cm³/mol. The molecule has 208 valence electrons. The lowest BCUT2D eigenvalue weighted by molar-refractivity contribution is 0.470. The van der Waals surface area contributed by atoms with Crippen LogP contribution in [0.5, 0.6) is 0 Å². The molecular formula is C29H36N4O4S2. The van der Waals surface area contributed by atoms with E-state index in [2.05, 4.69) is 0 Å². The molecule has 0 aliphatic rings. The average Bonchev–Trinajstić information content (AvgIpc) is 2.89. The number of sulfone groups is 2. The van der Waals surface area contributed by atoms with Crippen molar-refractivity contribution in [3.63, 3.8) is 0 Å². The highest BCUT2D eigenvalue weighted by Gasteiger charge is 2.51. The van der Waals surface area contributed by atoms with Crippen LogP contribution in [-0.4, -0.2) is 55.3 Å². The summed E-state index contributed by atoms with van der Waals surface area (Å²) in [6.45, 7) is 1.78. The summed E-state index contributed by atoms with van der Waals surface area (Å²) in [7, 11) is -1.38. The summed E-state index contributed by atoms with van der Waals surface area (Å²) in [6.07, 6.45) is 0.329. The van der Waals surface area contributed by atoms with Crippen LogP contribution >= 0.6 is 0 Å². The summed E-state index contributed by atoms with van der Waals surface area (Å²) in [6, 6.07) is 20.6. The molecule has 0 spiro atoms. The minimum atomic E-state index is -4.55. The van der Waals surface area contributed by atoms with Crippen molar-refractivity contribution in [1.29, 1.82) is 0 Å². The second-order valence-corrected chi connectivity index (χ2v) is 14.5. The first kappa shape index (κ1) is 28.8. The molecule has 0 radical (unpaired) electrons. The van der Waals surface area contributed by atoms with Crippen molar-refractivity contribution in [2.24, 2.45) is 11.5 Å². The largest absolute Gasteiger partial charge is 0.377 e. The van der Waals surface area contributed by atoms with Crippen molar-refractivity contribution in [2.75, 3.05) is 38.0 Å². The molecule has 4 rings (SSSR count). The molecule has 1 unspecified atom stereocenters. The topological polar surface area (TPSA) is 127 Å².